The van der Waals surface area contributed by atoms with E-state index in [2.05, 4.69) is 76.2 Å². The maximum atomic E-state index is 13.0. The molecule has 4 aromatic rings. The lowest BCUT2D eigenvalue weighted by Crippen LogP contribution is -2.46. The van der Waals surface area contributed by atoms with Gasteiger partial charge in [-0.1, -0.05) is 84.9 Å². The van der Waals surface area contributed by atoms with Crippen molar-refractivity contribution in [2.24, 2.45) is 0 Å². The number of allylic oxidation sites excluding steroid dienone is 1. The van der Waals surface area contributed by atoms with Gasteiger partial charge in [-0.25, -0.2) is 0 Å². The third-order valence-corrected chi connectivity index (χ3v) is 10.3. The van der Waals surface area contributed by atoms with E-state index in [4.69, 9.17) is 14.9 Å². The number of nitrogens with zero attached hydrogens (tertiary/aromatic N) is 4. The number of hydrogen-bond donors (Lipinski definition) is 6. The van der Waals surface area contributed by atoms with Gasteiger partial charge in [-0.05, 0) is 104 Å². The fraction of sp³-hybridized carbons (Fsp3) is 0.367. The van der Waals surface area contributed by atoms with Crippen molar-refractivity contribution in [2.75, 3.05) is 105 Å². The number of carboxylic acids is 4. The SMILES string of the molecule is CN(C)CCOc1ccc(/C(=C(/CCCNCCc2ccc(NC(=O)CN(CCN(CCN(CC(=O)O)CC(=O)O)CC(=O)O)CC(=O)O)cc2)c2ccccc2)c2ccccc2)cc1. The molecule has 0 aliphatic carbocycles. The van der Waals surface area contributed by atoms with Crippen LogP contribution in [0.5, 0.6) is 5.75 Å². The standard InChI is InChI=1S/C49H62N6O10/c1-52(2)30-31-65-42-21-17-40(18-22-42)49(39-12-7-4-8-13-39)43(38-10-5-3-6-11-38)14-9-24-50-25-23-37-15-19-41(20-16-37)51-44(56)32-54(34-46(59)60)28-26-53(33-45(57)58)27-29-55(35-47(61)62)36-48(63)64/h3-8,10-13,15-22,50H,9,14,23-36H2,1-2H3,(H,51,56)(H,57,58)(H,59,60)(H,61,62)(H,63,64)/b49-43-. The van der Waals surface area contributed by atoms with Gasteiger partial charge >= 0.3 is 23.9 Å². The Morgan fingerprint density at radius 1 is 0.538 bits per heavy atom. The van der Waals surface area contributed by atoms with Crippen molar-refractivity contribution in [2.45, 2.75) is 19.3 Å². The third kappa shape index (κ3) is 19.9. The van der Waals surface area contributed by atoms with Crippen LogP contribution in [0.25, 0.3) is 11.1 Å². The minimum absolute atomic E-state index is 0.00817. The zero-order valence-corrected chi connectivity index (χ0v) is 37.2. The van der Waals surface area contributed by atoms with Gasteiger partial charge < -0.3 is 40.7 Å². The molecule has 348 valence electrons. The van der Waals surface area contributed by atoms with Crippen LogP contribution in [0.4, 0.5) is 5.69 Å². The molecule has 16 nitrogen and oxygen atoms in total. The Hall–Kier alpha value is -6.43. The highest BCUT2D eigenvalue weighted by Gasteiger charge is 2.20. The predicted octanol–water partition coefficient (Wildman–Crippen LogP) is 4.38. The van der Waals surface area contributed by atoms with Crippen molar-refractivity contribution in [3.8, 4) is 5.75 Å². The van der Waals surface area contributed by atoms with Gasteiger partial charge in [0.15, 0.2) is 0 Å². The van der Waals surface area contributed by atoms with Crippen molar-refractivity contribution in [1.82, 2.24) is 24.9 Å². The molecule has 16 heteroatoms. The molecule has 0 radical (unpaired) electrons. The molecule has 6 N–H and O–H groups in total. The molecule has 0 atom stereocenters. The van der Waals surface area contributed by atoms with E-state index in [0.717, 1.165) is 66.2 Å². The second-order valence-corrected chi connectivity index (χ2v) is 15.9. The average Bonchev–Trinajstić information content (AvgIpc) is 3.26. The van der Waals surface area contributed by atoms with Crippen LogP contribution in [0.3, 0.4) is 0 Å². The van der Waals surface area contributed by atoms with Crippen molar-refractivity contribution < 1.29 is 49.1 Å². The van der Waals surface area contributed by atoms with Crippen LogP contribution in [-0.4, -0.2) is 169 Å². The Morgan fingerprint density at radius 3 is 1.57 bits per heavy atom. The Balaban J connectivity index is 1.30. The van der Waals surface area contributed by atoms with E-state index in [1.54, 1.807) is 12.1 Å². The van der Waals surface area contributed by atoms with Gasteiger partial charge in [-0.3, -0.25) is 38.7 Å². The molecule has 4 aromatic carbocycles. The zero-order valence-electron chi connectivity index (χ0n) is 37.2. The van der Waals surface area contributed by atoms with E-state index in [1.165, 1.54) is 26.5 Å². The number of anilines is 1. The zero-order chi connectivity index (χ0) is 47.0. The molecule has 0 spiro atoms. The number of nitrogens with one attached hydrogen (secondary N) is 2. The van der Waals surface area contributed by atoms with Crippen molar-refractivity contribution >= 4 is 46.6 Å². The number of carboxylic acid groups (broad SMARTS) is 4. The molecule has 0 aliphatic heterocycles. The van der Waals surface area contributed by atoms with Crippen molar-refractivity contribution in [3.05, 3.63) is 131 Å². The van der Waals surface area contributed by atoms with E-state index in [9.17, 15) is 34.2 Å². The highest BCUT2D eigenvalue weighted by molar-refractivity contribution is 5.98. The van der Waals surface area contributed by atoms with Crippen LogP contribution >= 0.6 is 0 Å². The van der Waals surface area contributed by atoms with Gasteiger partial charge in [0.2, 0.25) is 5.91 Å². The lowest BCUT2D eigenvalue weighted by molar-refractivity contribution is -0.143. The Labute approximate surface area is 380 Å². The summed E-state index contributed by atoms with van der Waals surface area (Å²) >= 11 is 0. The number of likely N-dealkylation sites (N-methyl/N-ethyl adjacent to an activating group) is 1. The Morgan fingerprint density at radius 2 is 1.03 bits per heavy atom. The summed E-state index contributed by atoms with van der Waals surface area (Å²) in [5, 5.41) is 43.5. The lowest BCUT2D eigenvalue weighted by atomic mass is 9.87. The van der Waals surface area contributed by atoms with Crippen LogP contribution in [0.1, 0.15) is 35.1 Å². The van der Waals surface area contributed by atoms with Gasteiger partial charge in [0, 0.05) is 38.4 Å². The summed E-state index contributed by atoms with van der Waals surface area (Å²) in [6.45, 7) is 0.692. The summed E-state index contributed by atoms with van der Waals surface area (Å²) in [6.07, 6.45) is 2.52. The largest absolute Gasteiger partial charge is 0.492 e. The molecule has 0 heterocycles. The van der Waals surface area contributed by atoms with Crippen LogP contribution < -0.4 is 15.4 Å². The summed E-state index contributed by atoms with van der Waals surface area (Å²) in [7, 11) is 4.05. The minimum Gasteiger partial charge on any atom is -0.492 e. The molecule has 0 aromatic heterocycles. The maximum Gasteiger partial charge on any atom is 0.317 e. The number of amides is 1. The normalized spacial score (nSPS) is 11.8. The van der Waals surface area contributed by atoms with Gasteiger partial charge in [0.05, 0.1) is 32.7 Å². The van der Waals surface area contributed by atoms with Gasteiger partial charge in [0.1, 0.15) is 12.4 Å². The summed E-state index contributed by atoms with van der Waals surface area (Å²) in [6, 6.07) is 36.8. The van der Waals surface area contributed by atoms with E-state index in [1.807, 2.05) is 50.5 Å². The van der Waals surface area contributed by atoms with E-state index >= 15 is 0 Å². The lowest BCUT2D eigenvalue weighted by Gasteiger charge is -2.27. The second-order valence-electron chi connectivity index (χ2n) is 15.9. The number of hydrogen-bond acceptors (Lipinski definition) is 11. The number of carbonyl (C=O) groups is 5. The molecule has 0 saturated carbocycles. The van der Waals surface area contributed by atoms with Gasteiger partial charge in [0.25, 0.3) is 0 Å². The molecule has 1 amide bonds. The quantitative estimate of drug-likeness (QED) is 0.0306. The molecule has 65 heavy (non-hydrogen) atoms. The first-order valence-corrected chi connectivity index (χ1v) is 21.6. The molecule has 0 bridgehead atoms. The third-order valence-electron chi connectivity index (χ3n) is 10.3. The molecule has 0 aliphatic rings. The number of ether oxygens (including phenoxy) is 1. The Bertz CT molecular complexity index is 2120. The summed E-state index contributed by atoms with van der Waals surface area (Å²) in [4.78, 5) is 64.6. The van der Waals surface area contributed by atoms with Crippen LogP contribution in [0.15, 0.2) is 109 Å². The van der Waals surface area contributed by atoms with Crippen molar-refractivity contribution in [1.29, 1.82) is 0 Å². The van der Waals surface area contributed by atoms with E-state index in [-0.39, 0.29) is 32.7 Å². The molecular weight excluding hydrogens is 833 g/mol. The average molecular weight is 895 g/mol. The summed E-state index contributed by atoms with van der Waals surface area (Å²) < 4.78 is 5.99. The fourth-order valence-electron chi connectivity index (χ4n) is 7.17. The van der Waals surface area contributed by atoms with Crippen molar-refractivity contribution in [3.63, 3.8) is 0 Å². The topological polar surface area (TPSA) is 213 Å². The highest BCUT2D eigenvalue weighted by Crippen LogP contribution is 2.35. The van der Waals surface area contributed by atoms with Gasteiger partial charge in [-0.15, -0.1) is 0 Å². The number of benzene rings is 4. The molecular formula is C49H62N6O10. The molecule has 0 fully saturated rings. The second kappa shape index (κ2) is 27.7. The summed E-state index contributed by atoms with van der Waals surface area (Å²) in [5.74, 6) is -4.43. The first-order chi connectivity index (χ1) is 31.2. The minimum atomic E-state index is -1.23. The maximum absolute atomic E-state index is 13.0. The van der Waals surface area contributed by atoms with Crippen LogP contribution in [-0.2, 0) is 30.4 Å². The van der Waals surface area contributed by atoms with E-state index in [0.29, 0.717) is 12.3 Å². The highest BCUT2D eigenvalue weighted by atomic mass is 16.5. The first-order valence-electron chi connectivity index (χ1n) is 21.6. The first kappa shape index (κ1) is 51.2. The monoisotopic (exact) mass is 894 g/mol. The summed E-state index contributed by atoms with van der Waals surface area (Å²) in [5.41, 5.74) is 7.50. The molecule has 0 unspecified atom stereocenters. The van der Waals surface area contributed by atoms with E-state index < -0.39 is 56.0 Å². The van der Waals surface area contributed by atoms with Crippen LogP contribution in [0.2, 0.25) is 0 Å². The van der Waals surface area contributed by atoms with Gasteiger partial charge in [-0.2, -0.15) is 0 Å². The van der Waals surface area contributed by atoms with Crippen LogP contribution in [0, 0.1) is 0 Å². The Kier molecular flexibility index (Phi) is 21.8. The number of rotatable bonds is 31. The predicted molar refractivity (Wildman–Crippen MR) is 250 cm³/mol. The number of aliphatic carboxylic acids is 4. The molecule has 0 saturated heterocycles. The fourth-order valence-corrected chi connectivity index (χ4v) is 7.17. The smallest absolute Gasteiger partial charge is 0.317 e. The number of carbonyl (C=O) groups excluding carboxylic acids is 1. The molecule has 4 rings (SSSR count).